The van der Waals surface area contributed by atoms with E-state index in [1.807, 2.05) is 0 Å². The summed E-state index contributed by atoms with van der Waals surface area (Å²) >= 11 is 6.25. The largest absolute Gasteiger partial charge is 0.493 e. The van der Waals surface area contributed by atoms with E-state index >= 15 is 0 Å². The normalized spacial score (nSPS) is 27.7. The quantitative estimate of drug-likeness (QED) is 0.903. The Balaban J connectivity index is 0.00000132. The third-order valence-corrected chi connectivity index (χ3v) is 5.29. The van der Waals surface area contributed by atoms with Gasteiger partial charge >= 0.3 is 0 Å². The van der Waals surface area contributed by atoms with Gasteiger partial charge in [-0.15, -0.1) is 12.4 Å². The number of nitrogens with zero attached hydrogens (tertiary/aromatic N) is 1. The van der Waals surface area contributed by atoms with Crippen molar-refractivity contribution in [2.24, 2.45) is 5.41 Å². The Bertz CT molecular complexity index is 529. The Labute approximate surface area is 137 Å². The molecule has 1 aromatic rings. The van der Waals surface area contributed by atoms with Crippen molar-refractivity contribution in [1.29, 1.82) is 0 Å². The molecule has 1 spiro atoms. The molecule has 5 heteroatoms. The smallest absolute Gasteiger partial charge is 0.127 e. The van der Waals surface area contributed by atoms with Crippen LogP contribution in [-0.4, -0.2) is 37.7 Å². The van der Waals surface area contributed by atoms with Crippen molar-refractivity contribution < 1.29 is 4.74 Å². The van der Waals surface area contributed by atoms with Gasteiger partial charge in [-0.05, 0) is 49.0 Å². The van der Waals surface area contributed by atoms with Crippen LogP contribution in [0.2, 0.25) is 5.02 Å². The van der Waals surface area contributed by atoms with Crippen molar-refractivity contribution in [3.05, 3.63) is 28.3 Å². The van der Waals surface area contributed by atoms with Crippen molar-refractivity contribution in [2.75, 3.05) is 32.8 Å². The zero-order valence-electron chi connectivity index (χ0n) is 12.2. The number of hydrogen-bond donors (Lipinski definition) is 1. The SMILES string of the molecule is Cl.Clc1cc2c(c(CN3CCC4(CCNC4)C3)c1)OCC2. The van der Waals surface area contributed by atoms with Crippen LogP contribution < -0.4 is 10.1 Å². The van der Waals surface area contributed by atoms with E-state index in [1.165, 1.54) is 50.1 Å². The number of halogens is 2. The van der Waals surface area contributed by atoms with Crippen LogP contribution in [0.25, 0.3) is 0 Å². The summed E-state index contributed by atoms with van der Waals surface area (Å²) < 4.78 is 5.81. The lowest BCUT2D eigenvalue weighted by Gasteiger charge is -2.23. The molecule has 0 amide bonds. The summed E-state index contributed by atoms with van der Waals surface area (Å²) in [6.45, 7) is 6.56. The summed E-state index contributed by atoms with van der Waals surface area (Å²) in [7, 11) is 0. The van der Waals surface area contributed by atoms with E-state index in [2.05, 4.69) is 22.3 Å². The number of hydrogen-bond acceptors (Lipinski definition) is 3. The average Bonchev–Trinajstić information content (AvgIpc) is 3.12. The first-order valence-corrected chi connectivity index (χ1v) is 7.99. The van der Waals surface area contributed by atoms with Crippen LogP contribution in [-0.2, 0) is 13.0 Å². The van der Waals surface area contributed by atoms with Crippen LogP contribution in [0.15, 0.2) is 12.1 Å². The number of fused-ring (bicyclic) bond motifs is 1. The standard InChI is InChI=1S/C16H21ClN2O.ClH/c17-14-7-12-1-6-20-15(12)13(8-14)9-19-5-3-16(11-19)2-4-18-10-16;/h7-8,18H,1-6,9-11H2;1H. The molecule has 0 aliphatic carbocycles. The summed E-state index contributed by atoms with van der Waals surface area (Å²) in [5.41, 5.74) is 3.08. The molecule has 3 heterocycles. The second-order valence-corrected chi connectivity index (χ2v) is 6.98. The molecule has 116 valence electrons. The number of likely N-dealkylation sites (tertiary alicyclic amines) is 1. The summed E-state index contributed by atoms with van der Waals surface area (Å²) in [5, 5.41) is 4.37. The van der Waals surface area contributed by atoms with E-state index < -0.39 is 0 Å². The minimum atomic E-state index is 0. The highest BCUT2D eigenvalue weighted by Crippen LogP contribution is 2.39. The average molecular weight is 329 g/mol. The summed E-state index contributed by atoms with van der Waals surface area (Å²) in [6, 6.07) is 4.14. The number of benzene rings is 1. The molecule has 0 saturated carbocycles. The minimum Gasteiger partial charge on any atom is -0.493 e. The molecule has 0 bridgehead atoms. The van der Waals surface area contributed by atoms with Gasteiger partial charge in [-0.25, -0.2) is 0 Å². The molecule has 0 radical (unpaired) electrons. The molecule has 1 atom stereocenters. The number of ether oxygens (including phenoxy) is 1. The van der Waals surface area contributed by atoms with Crippen molar-refractivity contribution >= 4 is 24.0 Å². The number of nitrogens with one attached hydrogen (secondary N) is 1. The third kappa shape index (κ3) is 2.89. The number of rotatable bonds is 2. The van der Waals surface area contributed by atoms with Crippen LogP contribution in [0.1, 0.15) is 24.0 Å². The lowest BCUT2D eigenvalue weighted by atomic mass is 9.86. The Morgan fingerprint density at radius 1 is 1.33 bits per heavy atom. The van der Waals surface area contributed by atoms with Gasteiger partial charge in [0.05, 0.1) is 6.61 Å². The first-order valence-electron chi connectivity index (χ1n) is 7.61. The van der Waals surface area contributed by atoms with Gasteiger partial charge in [-0.1, -0.05) is 11.6 Å². The topological polar surface area (TPSA) is 24.5 Å². The zero-order chi connectivity index (χ0) is 13.6. The highest BCUT2D eigenvalue weighted by atomic mass is 35.5. The van der Waals surface area contributed by atoms with Crippen molar-refractivity contribution in [3.8, 4) is 5.75 Å². The van der Waals surface area contributed by atoms with E-state index in [9.17, 15) is 0 Å². The monoisotopic (exact) mass is 328 g/mol. The highest BCUT2D eigenvalue weighted by molar-refractivity contribution is 6.30. The van der Waals surface area contributed by atoms with Gasteiger partial charge in [0.1, 0.15) is 5.75 Å². The van der Waals surface area contributed by atoms with Crippen LogP contribution in [0.5, 0.6) is 5.75 Å². The molecule has 3 nitrogen and oxygen atoms in total. The second kappa shape index (κ2) is 5.96. The maximum Gasteiger partial charge on any atom is 0.127 e. The maximum absolute atomic E-state index is 6.25. The lowest BCUT2D eigenvalue weighted by Crippen LogP contribution is -2.29. The Kier molecular flexibility index (Phi) is 4.37. The fraction of sp³-hybridized carbons (Fsp3) is 0.625. The molecule has 1 aromatic carbocycles. The Hall–Kier alpha value is -0.480. The van der Waals surface area contributed by atoms with Gasteiger partial charge in [0.15, 0.2) is 0 Å². The molecule has 21 heavy (non-hydrogen) atoms. The summed E-state index contributed by atoms with van der Waals surface area (Å²) in [6.07, 6.45) is 3.65. The molecule has 2 fully saturated rings. The molecule has 3 aliphatic rings. The van der Waals surface area contributed by atoms with E-state index in [0.717, 1.165) is 30.3 Å². The third-order valence-electron chi connectivity index (χ3n) is 5.07. The molecule has 0 aromatic heterocycles. The fourth-order valence-corrected chi connectivity index (χ4v) is 4.27. The van der Waals surface area contributed by atoms with Gasteiger partial charge in [0, 0.05) is 36.6 Å². The zero-order valence-corrected chi connectivity index (χ0v) is 13.7. The molecule has 4 rings (SSSR count). The van der Waals surface area contributed by atoms with E-state index in [4.69, 9.17) is 16.3 Å². The van der Waals surface area contributed by atoms with Crippen LogP contribution >= 0.6 is 24.0 Å². The van der Waals surface area contributed by atoms with E-state index in [-0.39, 0.29) is 12.4 Å². The highest BCUT2D eigenvalue weighted by Gasteiger charge is 2.40. The summed E-state index contributed by atoms with van der Waals surface area (Å²) in [5.74, 6) is 1.10. The summed E-state index contributed by atoms with van der Waals surface area (Å²) in [4.78, 5) is 2.57. The van der Waals surface area contributed by atoms with Crippen LogP contribution in [0.3, 0.4) is 0 Å². The van der Waals surface area contributed by atoms with Gasteiger partial charge < -0.3 is 10.1 Å². The predicted molar refractivity (Wildman–Crippen MR) is 87.7 cm³/mol. The van der Waals surface area contributed by atoms with Gasteiger partial charge in [0.2, 0.25) is 0 Å². The van der Waals surface area contributed by atoms with Crippen molar-refractivity contribution in [1.82, 2.24) is 10.2 Å². The van der Waals surface area contributed by atoms with Crippen molar-refractivity contribution in [2.45, 2.75) is 25.8 Å². The van der Waals surface area contributed by atoms with Gasteiger partial charge in [-0.2, -0.15) is 0 Å². The fourth-order valence-electron chi connectivity index (χ4n) is 4.01. The second-order valence-electron chi connectivity index (χ2n) is 6.54. The molecule has 1 unspecified atom stereocenters. The molecule has 1 N–H and O–H groups in total. The molecule has 3 aliphatic heterocycles. The maximum atomic E-state index is 6.25. The molecular formula is C16H22Cl2N2O. The van der Waals surface area contributed by atoms with Gasteiger partial charge in [0.25, 0.3) is 0 Å². The predicted octanol–water partition coefficient (Wildman–Crippen LogP) is 2.88. The minimum absolute atomic E-state index is 0. The molecular weight excluding hydrogens is 307 g/mol. The van der Waals surface area contributed by atoms with Crippen LogP contribution in [0.4, 0.5) is 0 Å². The van der Waals surface area contributed by atoms with E-state index in [1.54, 1.807) is 0 Å². The Morgan fingerprint density at radius 2 is 2.24 bits per heavy atom. The van der Waals surface area contributed by atoms with Crippen LogP contribution in [0, 0.1) is 5.41 Å². The van der Waals surface area contributed by atoms with Crippen molar-refractivity contribution in [3.63, 3.8) is 0 Å². The lowest BCUT2D eigenvalue weighted by molar-refractivity contribution is 0.264. The van der Waals surface area contributed by atoms with Gasteiger partial charge in [-0.3, -0.25) is 4.90 Å². The molecule has 2 saturated heterocycles. The first kappa shape index (κ1) is 15.4. The van der Waals surface area contributed by atoms with E-state index in [0.29, 0.717) is 5.41 Å². The Morgan fingerprint density at radius 3 is 3.05 bits per heavy atom. The first-order chi connectivity index (χ1) is 9.74.